The maximum Gasteiger partial charge on any atom is 0.320 e. The fourth-order valence-electron chi connectivity index (χ4n) is 4.17. The molecule has 1 heterocycles. The van der Waals surface area contributed by atoms with Gasteiger partial charge in [-0.25, -0.2) is 0 Å². The zero-order chi connectivity index (χ0) is 18.8. The number of hydrogen-bond donors (Lipinski definition) is 1. The van der Waals surface area contributed by atoms with E-state index in [1.165, 1.54) is 27.8 Å². The minimum Gasteiger partial charge on any atom is -0.480 e. The van der Waals surface area contributed by atoms with E-state index in [4.69, 9.17) is 0 Å². The quantitative estimate of drug-likeness (QED) is 0.818. The standard InChI is InChI=1S/C23H29NO2/c1-15(2)18-7-9-19(10-8-18)22(20-13-16(3)12-17(4)14-20)24-11-5-6-21(24)23(25)26/h7-10,12-15,21-22H,5-6,11H2,1-4H3,(H,25,26). The van der Waals surface area contributed by atoms with Crippen LogP contribution in [0.4, 0.5) is 0 Å². The summed E-state index contributed by atoms with van der Waals surface area (Å²) in [6, 6.07) is 14.9. The number of aryl methyl sites for hydroxylation is 2. The number of benzene rings is 2. The molecular formula is C23H29NO2. The van der Waals surface area contributed by atoms with E-state index in [1.807, 2.05) is 0 Å². The Labute approximate surface area is 156 Å². The molecule has 1 aliphatic rings. The number of nitrogens with zero attached hydrogens (tertiary/aromatic N) is 1. The molecule has 1 fully saturated rings. The van der Waals surface area contributed by atoms with Crippen molar-refractivity contribution >= 4 is 5.97 Å². The highest BCUT2D eigenvalue weighted by Gasteiger charge is 2.36. The molecule has 0 amide bonds. The summed E-state index contributed by atoms with van der Waals surface area (Å²) in [5.74, 6) is -0.224. The van der Waals surface area contributed by atoms with Crippen molar-refractivity contribution in [2.45, 2.75) is 58.5 Å². The minimum atomic E-state index is -0.712. The van der Waals surface area contributed by atoms with Crippen molar-refractivity contribution < 1.29 is 9.90 Å². The van der Waals surface area contributed by atoms with E-state index in [1.54, 1.807) is 0 Å². The highest BCUT2D eigenvalue weighted by Crippen LogP contribution is 2.36. The first kappa shape index (κ1) is 18.7. The molecule has 1 aliphatic heterocycles. The molecule has 3 heteroatoms. The van der Waals surface area contributed by atoms with Gasteiger partial charge in [-0.2, -0.15) is 0 Å². The van der Waals surface area contributed by atoms with E-state index in [0.717, 1.165) is 19.4 Å². The van der Waals surface area contributed by atoms with Crippen molar-refractivity contribution in [2.75, 3.05) is 6.54 Å². The minimum absolute atomic E-state index is 0.0154. The Balaban J connectivity index is 2.08. The van der Waals surface area contributed by atoms with Crippen molar-refractivity contribution in [3.05, 3.63) is 70.3 Å². The van der Waals surface area contributed by atoms with E-state index in [9.17, 15) is 9.90 Å². The van der Waals surface area contributed by atoms with Crippen LogP contribution >= 0.6 is 0 Å². The molecule has 0 spiro atoms. The molecule has 26 heavy (non-hydrogen) atoms. The van der Waals surface area contributed by atoms with Crippen LogP contribution in [0.1, 0.15) is 66.5 Å². The molecule has 2 unspecified atom stereocenters. The molecular weight excluding hydrogens is 322 g/mol. The van der Waals surface area contributed by atoms with Gasteiger partial charge in [-0.3, -0.25) is 9.69 Å². The van der Waals surface area contributed by atoms with Crippen LogP contribution in [0.25, 0.3) is 0 Å². The van der Waals surface area contributed by atoms with Crippen molar-refractivity contribution in [3.8, 4) is 0 Å². The number of carbonyl (C=O) groups is 1. The number of hydrogen-bond acceptors (Lipinski definition) is 2. The van der Waals surface area contributed by atoms with Crippen LogP contribution in [-0.2, 0) is 4.79 Å². The molecule has 1 N–H and O–H groups in total. The van der Waals surface area contributed by atoms with Gasteiger partial charge in [0, 0.05) is 6.54 Å². The second-order valence-electron chi connectivity index (χ2n) is 7.88. The van der Waals surface area contributed by atoms with E-state index < -0.39 is 12.0 Å². The third-order valence-corrected chi connectivity index (χ3v) is 5.39. The predicted octanol–water partition coefficient (Wildman–Crippen LogP) is 5.07. The molecule has 0 aliphatic carbocycles. The lowest BCUT2D eigenvalue weighted by Crippen LogP contribution is -2.39. The fourth-order valence-corrected chi connectivity index (χ4v) is 4.17. The molecule has 3 rings (SSSR count). The number of rotatable bonds is 5. The summed E-state index contributed by atoms with van der Waals surface area (Å²) in [4.78, 5) is 14.0. The maximum atomic E-state index is 11.8. The summed E-state index contributed by atoms with van der Waals surface area (Å²) in [6.45, 7) is 9.41. The normalized spacial score (nSPS) is 19.0. The third-order valence-electron chi connectivity index (χ3n) is 5.39. The van der Waals surface area contributed by atoms with Crippen LogP contribution < -0.4 is 0 Å². The highest BCUT2D eigenvalue weighted by molar-refractivity contribution is 5.74. The van der Waals surface area contributed by atoms with Gasteiger partial charge in [0.25, 0.3) is 0 Å². The van der Waals surface area contributed by atoms with Crippen molar-refractivity contribution in [1.29, 1.82) is 0 Å². The van der Waals surface area contributed by atoms with Gasteiger partial charge < -0.3 is 5.11 Å². The summed E-state index contributed by atoms with van der Waals surface area (Å²) in [7, 11) is 0. The van der Waals surface area contributed by atoms with E-state index in [2.05, 4.69) is 75.1 Å². The van der Waals surface area contributed by atoms with Crippen LogP contribution in [0, 0.1) is 13.8 Å². The van der Waals surface area contributed by atoms with Crippen LogP contribution in [0.5, 0.6) is 0 Å². The Hall–Kier alpha value is -2.13. The second kappa shape index (κ2) is 7.63. The van der Waals surface area contributed by atoms with Gasteiger partial charge in [0.05, 0.1) is 6.04 Å². The lowest BCUT2D eigenvalue weighted by Gasteiger charge is -2.32. The SMILES string of the molecule is Cc1cc(C)cc(C(c2ccc(C(C)C)cc2)N2CCCC2C(=O)O)c1. The monoisotopic (exact) mass is 351 g/mol. The number of aliphatic carboxylic acids is 1. The topological polar surface area (TPSA) is 40.5 Å². The van der Waals surface area contributed by atoms with Crippen molar-refractivity contribution in [1.82, 2.24) is 4.90 Å². The largest absolute Gasteiger partial charge is 0.480 e. The number of carboxylic acid groups (broad SMARTS) is 1. The molecule has 2 aromatic carbocycles. The van der Waals surface area contributed by atoms with Crippen molar-refractivity contribution in [2.24, 2.45) is 0 Å². The lowest BCUT2D eigenvalue weighted by atomic mass is 9.92. The number of likely N-dealkylation sites (tertiary alicyclic amines) is 1. The van der Waals surface area contributed by atoms with Crippen LogP contribution in [-0.4, -0.2) is 28.6 Å². The highest BCUT2D eigenvalue weighted by atomic mass is 16.4. The molecule has 2 atom stereocenters. The third kappa shape index (κ3) is 3.83. The summed E-state index contributed by atoms with van der Waals surface area (Å²) < 4.78 is 0. The lowest BCUT2D eigenvalue weighted by molar-refractivity contribution is -0.142. The Morgan fingerprint density at radius 1 is 1.00 bits per heavy atom. The summed E-state index contributed by atoms with van der Waals surface area (Å²) in [6.07, 6.45) is 1.66. The van der Waals surface area contributed by atoms with Gasteiger partial charge in [-0.1, -0.05) is 67.4 Å². The first-order chi connectivity index (χ1) is 12.4. The van der Waals surface area contributed by atoms with E-state index in [0.29, 0.717) is 5.92 Å². The average Bonchev–Trinajstić information content (AvgIpc) is 3.04. The first-order valence-corrected chi connectivity index (χ1v) is 9.53. The van der Waals surface area contributed by atoms with Gasteiger partial charge in [-0.15, -0.1) is 0 Å². The molecule has 0 bridgehead atoms. The zero-order valence-electron chi connectivity index (χ0n) is 16.2. The Bertz CT molecular complexity index is 759. The van der Waals surface area contributed by atoms with Crippen LogP contribution in [0.3, 0.4) is 0 Å². The molecule has 0 saturated carbocycles. The molecule has 3 nitrogen and oxygen atoms in total. The van der Waals surface area contributed by atoms with Gasteiger partial charge in [0.2, 0.25) is 0 Å². The van der Waals surface area contributed by atoms with Gasteiger partial charge in [0.15, 0.2) is 0 Å². The Morgan fingerprint density at radius 3 is 2.12 bits per heavy atom. The zero-order valence-corrected chi connectivity index (χ0v) is 16.2. The summed E-state index contributed by atoms with van der Waals surface area (Å²) in [5.41, 5.74) is 6.11. The Morgan fingerprint density at radius 2 is 1.58 bits per heavy atom. The molecule has 0 radical (unpaired) electrons. The van der Waals surface area contributed by atoms with E-state index >= 15 is 0 Å². The first-order valence-electron chi connectivity index (χ1n) is 9.53. The average molecular weight is 351 g/mol. The van der Waals surface area contributed by atoms with Crippen LogP contribution in [0.2, 0.25) is 0 Å². The van der Waals surface area contributed by atoms with E-state index in [-0.39, 0.29) is 6.04 Å². The molecule has 1 saturated heterocycles. The Kier molecular flexibility index (Phi) is 5.47. The van der Waals surface area contributed by atoms with Crippen molar-refractivity contribution in [3.63, 3.8) is 0 Å². The second-order valence-corrected chi connectivity index (χ2v) is 7.88. The molecule has 2 aromatic rings. The summed E-state index contributed by atoms with van der Waals surface area (Å²) >= 11 is 0. The van der Waals surface area contributed by atoms with Gasteiger partial charge in [0.1, 0.15) is 6.04 Å². The number of carboxylic acids is 1. The molecule has 0 aromatic heterocycles. The maximum absolute atomic E-state index is 11.8. The smallest absolute Gasteiger partial charge is 0.320 e. The fraction of sp³-hybridized carbons (Fsp3) is 0.435. The van der Waals surface area contributed by atoms with Gasteiger partial charge in [-0.05, 0) is 49.3 Å². The predicted molar refractivity (Wildman–Crippen MR) is 106 cm³/mol. The molecule has 138 valence electrons. The van der Waals surface area contributed by atoms with Crippen LogP contribution in [0.15, 0.2) is 42.5 Å². The van der Waals surface area contributed by atoms with Gasteiger partial charge >= 0.3 is 5.97 Å². The summed E-state index contributed by atoms with van der Waals surface area (Å²) in [5, 5.41) is 9.71.